The van der Waals surface area contributed by atoms with Crippen LogP contribution >= 0.6 is 24.8 Å². The Balaban J connectivity index is 0.00000110. The molecule has 0 radical (unpaired) electrons. The molecule has 3 rings (SSSR count). The monoisotopic (exact) mass is 328 g/mol. The van der Waals surface area contributed by atoms with Crippen LogP contribution in [-0.2, 0) is 0 Å². The Morgan fingerprint density at radius 3 is 2.43 bits per heavy atom. The lowest BCUT2D eigenvalue weighted by molar-refractivity contribution is 0.0709. The second-order valence-electron chi connectivity index (χ2n) is 4.87. The first kappa shape index (κ1) is 17.6. The molecule has 1 aliphatic heterocycles. The number of likely N-dealkylation sites (tertiary alicyclic amines) is 1. The second kappa shape index (κ2) is 7.54. The van der Waals surface area contributed by atoms with Crippen molar-refractivity contribution in [1.29, 1.82) is 0 Å². The van der Waals surface area contributed by atoms with E-state index in [9.17, 15) is 4.79 Å². The van der Waals surface area contributed by atoms with Gasteiger partial charge in [0.05, 0.1) is 17.2 Å². The van der Waals surface area contributed by atoms with Gasteiger partial charge in [-0.1, -0.05) is 12.1 Å². The molecule has 1 saturated heterocycles. The van der Waals surface area contributed by atoms with Crippen molar-refractivity contribution in [3.8, 4) is 0 Å². The van der Waals surface area contributed by atoms with Crippen molar-refractivity contribution < 1.29 is 4.79 Å². The Kier molecular flexibility index (Phi) is 6.33. The highest BCUT2D eigenvalue weighted by atomic mass is 35.5. The lowest BCUT2D eigenvalue weighted by atomic mass is 10.1. The second-order valence-corrected chi connectivity index (χ2v) is 4.87. The van der Waals surface area contributed by atoms with Crippen LogP contribution in [0.5, 0.6) is 0 Å². The summed E-state index contributed by atoms with van der Waals surface area (Å²) >= 11 is 0. The van der Waals surface area contributed by atoms with Gasteiger partial charge in [0.25, 0.3) is 5.91 Å². The molecule has 2 heterocycles. The molecule has 0 saturated carbocycles. The highest BCUT2D eigenvalue weighted by Crippen LogP contribution is 2.13. The first-order valence-corrected chi connectivity index (χ1v) is 6.51. The van der Waals surface area contributed by atoms with Gasteiger partial charge in [-0.25, -0.2) is 4.98 Å². The zero-order valence-corrected chi connectivity index (χ0v) is 13.1. The molecule has 5 nitrogen and oxygen atoms in total. The van der Waals surface area contributed by atoms with Gasteiger partial charge in [0, 0.05) is 19.1 Å². The largest absolute Gasteiger partial charge is 0.337 e. The average molecular weight is 329 g/mol. The van der Waals surface area contributed by atoms with Gasteiger partial charge >= 0.3 is 0 Å². The SMILES string of the molecule is Cl.Cl.NC1CCN(C(=O)c2cnc3ccccc3n2)CC1. The number of nitrogens with two attached hydrogens (primary N) is 1. The van der Waals surface area contributed by atoms with E-state index in [0.29, 0.717) is 18.8 Å². The molecule has 0 unspecified atom stereocenters. The van der Waals surface area contributed by atoms with Crippen LogP contribution in [0.3, 0.4) is 0 Å². The van der Waals surface area contributed by atoms with Crippen LogP contribution in [-0.4, -0.2) is 39.9 Å². The van der Waals surface area contributed by atoms with Gasteiger partial charge in [-0.2, -0.15) is 0 Å². The third-order valence-electron chi connectivity index (χ3n) is 3.49. The van der Waals surface area contributed by atoms with Crippen molar-refractivity contribution in [1.82, 2.24) is 14.9 Å². The number of halogens is 2. The van der Waals surface area contributed by atoms with Gasteiger partial charge in [-0.05, 0) is 25.0 Å². The third kappa shape index (κ3) is 3.81. The number of amides is 1. The predicted octanol–water partition coefficient (Wildman–Crippen LogP) is 2.04. The van der Waals surface area contributed by atoms with E-state index in [4.69, 9.17) is 5.73 Å². The summed E-state index contributed by atoms with van der Waals surface area (Å²) in [6.45, 7) is 1.41. The minimum absolute atomic E-state index is 0. The quantitative estimate of drug-likeness (QED) is 0.869. The van der Waals surface area contributed by atoms with Crippen LogP contribution in [0.4, 0.5) is 0 Å². The molecular weight excluding hydrogens is 311 g/mol. The van der Waals surface area contributed by atoms with Gasteiger partial charge < -0.3 is 10.6 Å². The van der Waals surface area contributed by atoms with Crippen molar-refractivity contribution in [3.63, 3.8) is 0 Å². The maximum absolute atomic E-state index is 12.3. The number of aromatic nitrogens is 2. The zero-order chi connectivity index (χ0) is 13.2. The minimum Gasteiger partial charge on any atom is -0.337 e. The van der Waals surface area contributed by atoms with Crippen molar-refractivity contribution in [2.45, 2.75) is 18.9 Å². The zero-order valence-electron chi connectivity index (χ0n) is 11.4. The Hall–Kier alpha value is -1.43. The van der Waals surface area contributed by atoms with Crippen LogP contribution in [0, 0.1) is 0 Å². The fraction of sp³-hybridized carbons (Fsp3) is 0.357. The van der Waals surface area contributed by atoms with Crippen LogP contribution in [0.15, 0.2) is 30.5 Å². The molecule has 7 heteroatoms. The lowest BCUT2D eigenvalue weighted by Crippen LogP contribution is -2.43. The molecule has 2 N–H and O–H groups in total. The molecular formula is C14H18Cl2N4O. The first-order chi connectivity index (χ1) is 9.24. The Bertz CT molecular complexity index is 615. The number of hydrogen-bond acceptors (Lipinski definition) is 4. The molecule has 1 fully saturated rings. The Labute approximate surface area is 135 Å². The number of carbonyl (C=O) groups excluding carboxylic acids is 1. The molecule has 1 aromatic carbocycles. The van der Waals surface area contributed by atoms with E-state index < -0.39 is 0 Å². The van der Waals surface area contributed by atoms with Gasteiger partial charge in [0.1, 0.15) is 5.69 Å². The Morgan fingerprint density at radius 2 is 1.76 bits per heavy atom. The molecule has 21 heavy (non-hydrogen) atoms. The van der Waals surface area contributed by atoms with Crippen LogP contribution in [0.2, 0.25) is 0 Å². The first-order valence-electron chi connectivity index (χ1n) is 6.51. The van der Waals surface area contributed by atoms with Gasteiger partial charge in [0.2, 0.25) is 0 Å². The molecule has 0 aliphatic carbocycles. The summed E-state index contributed by atoms with van der Waals surface area (Å²) in [5.74, 6) is -0.0508. The number of rotatable bonds is 1. The van der Waals surface area contributed by atoms with Crippen molar-refractivity contribution in [2.24, 2.45) is 5.73 Å². The molecule has 1 amide bonds. The van der Waals surface area contributed by atoms with Crippen molar-refractivity contribution >= 4 is 41.8 Å². The topological polar surface area (TPSA) is 72.1 Å². The summed E-state index contributed by atoms with van der Waals surface area (Å²) in [4.78, 5) is 22.8. The minimum atomic E-state index is -0.0508. The van der Waals surface area contributed by atoms with E-state index in [2.05, 4.69) is 9.97 Å². The maximum atomic E-state index is 12.3. The van der Waals surface area contributed by atoms with Crippen molar-refractivity contribution in [2.75, 3.05) is 13.1 Å². The summed E-state index contributed by atoms with van der Waals surface area (Å²) in [7, 11) is 0. The molecule has 114 valence electrons. The van der Waals surface area contributed by atoms with E-state index in [-0.39, 0.29) is 36.8 Å². The summed E-state index contributed by atoms with van der Waals surface area (Å²) in [6, 6.07) is 7.77. The molecule has 2 aromatic rings. The normalized spacial score (nSPS) is 15.2. The Morgan fingerprint density at radius 1 is 1.14 bits per heavy atom. The predicted molar refractivity (Wildman–Crippen MR) is 87.1 cm³/mol. The third-order valence-corrected chi connectivity index (χ3v) is 3.49. The van der Waals surface area contributed by atoms with Crippen LogP contribution < -0.4 is 5.73 Å². The molecule has 0 bridgehead atoms. The molecule has 1 aliphatic rings. The van der Waals surface area contributed by atoms with Gasteiger partial charge in [-0.3, -0.25) is 9.78 Å². The van der Waals surface area contributed by atoms with Crippen molar-refractivity contribution in [3.05, 3.63) is 36.2 Å². The summed E-state index contributed by atoms with van der Waals surface area (Å²) in [5, 5.41) is 0. The smallest absolute Gasteiger partial charge is 0.274 e. The number of piperidine rings is 1. The lowest BCUT2D eigenvalue weighted by Gasteiger charge is -2.29. The van der Waals surface area contributed by atoms with Crippen LogP contribution in [0.25, 0.3) is 11.0 Å². The van der Waals surface area contributed by atoms with E-state index in [1.54, 1.807) is 6.20 Å². The fourth-order valence-electron chi connectivity index (χ4n) is 2.32. The van der Waals surface area contributed by atoms with Crippen LogP contribution in [0.1, 0.15) is 23.3 Å². The number of para-hydroxylation sites is 2. The van der Waals surface area contributed by atoms with E-state index in [0.717, 1.165) is 23.9 Å². The highest BCUT2D eigenvalue weighted by molar-refractivity contribution is 5.93. The maximum Gasteiger partial charge on any atom is 0.274 e. The number of nitrogens with zero attached hydrogens (tertiary/aromatic N) is 3. The number of fused-ring (bicyclic) bond motifs is 1. The fourth-order valence-corrected chi connectivity index (χ4v) is 2.32. The number of benzene rings is 1. The molecule has 0 spiro atoms. The summed E-state index contributed by atoms with van der Waals surface area (Å²) in [6.07, 6.45) is 3.26. The standard InChI is InChI=1S/C14H16N4O.2ClH/c15-10-5-7-18(8-6-10)14(19)13-9-16-11-3-1-2-4-12(11)17-13;;/h1-4,9-10H,5-8,15H2;2*1H. The van der Waals surface area contributed by atoms with E-state index in [1.807, 2.05) is 29.2 Å². The number of hydrogen-bond donors (Lipinski definition) is 1. The summed E-state index contributed by atoms with van der Waals surface area (Å²) in [5.41, 5.74) is 7.81. The molecule has 1 aromatic heterocycles. The van der Waals surface area contributed by atoms with Gasteiger partial charge in [0.15, 0.2) is 0 Å². The molecule has 0 atom stereocenters. The van der Waals surface area contributed by atoms with Gasteiger partial charge in [-0.15, -0.1) is 24.8 Å². The highest BCUT2D eigenvalue weighted by Gasteiger charge is 2.22. The average Bonchev–Trinajstić information content (AvgIpc) is 2.47. The summed E-state index contributed by atoms with van der Waals surface area (Å²) < 4.78 is 0. The number of carbonyl (C=O) groups is 1. The van der Waals surface area contributed by atoms with E-state index in [1.165, 1.54) is 0 Å². The van der Waals surface area contributed by atoms with E-state index >= 15 is 0 Å².